The van der Waals surface area contributed by atoms with Crippen molar-refractivity contribution < 1.29 is 9.53 Å². The standard InChI is InChI=1S/C12H18N4O2/c17-12-15-11(10-2-1-3-14-10)8-16(12)7-9-6-13-4-5-18-9/h1-3,9,11,13-14H,4-8H2,(H,15,17). The van der Waals surface area contributed by atoms with Crippen LogP contribution in [0.4, 0.5) is 4.79 Å². The number of nitrogens with zero attached hydrogens (tertiary/aromatic N) is 1. The molecule has 2 saturated heterocycles. The van der Waals surface area contributed by atoms with E-state index in [2.05, 4.69) is 15.6 Å². The molecule has 2 unspecified atom stereocenters. The van der Waals surface area contributed by atoms with Crippen LogP contribution in [0.1, 0.15) is 11.7 Å². The molecule has 0 bridgehead atoms. The second-order valence-electron chi connectivity index (χ2n) is 4.73. The lowest BCUT2D eigenvalue weighted by molar-refractivity contribution is 0.0145. The van der Waals surface area contributed by atoms with Crippen LogP contribution in [0.25, 0.3) is 0 Å². The van der Waals surface area contributed by atoms with E-state index in [0.717, 1.165) is 25.4 Å². The second-order valence-corrected chi connectivity index (χ2v) is 4.73. The van der Waals surface area contributed by atoms with Crippen molar-refractivity contribution in [1.82, 2.24) is 20.5 Å². The molecule has 0 aromatic carbocycles. The van der Waals surface area contributed by atoms with E-state index in [4.69, 9.17) is 4.74 Å². The molecule has 3 rings (SSSR count). The summed E-state index contributed by atoms with van der Waals surface area (Å²) in [5.74, 6) is 0. The first kappa shape index (κ1) is 11.6. The first-order chi connectivity index (χ1) is 8.83. The molecular weight excluding hydrogens is 232 g/mol. The van der Waals surface area contributed by atoms with Gasteiger partial charge in [0, 0.05) is 38.1 Å². The zero-order chi connectivity index (χ0) is 12.4. The van der Waals surface area contributed by atoms with Gasteiger partial charge in [0.15, 0.2) is 0 Å². The summed E-state index contributed by atoms with van der Waals surface area (Å²) >= 11 is 0. The third-order valence-electron chi connectivity index (χ3n) is 3.41. The summed E-state index contributed by atoms with van der Waals surface area (Å²) in [6, 6.07) is 3.98. The Morgan fingerprint density at radius 1 is 1.50 bits per heavy atom. The van der Waals surface area contributed by atoms with E-state index >= 15 is 0 Å². The summed E-state index contributed by atoms with van der Waals surface area (Å²) in [5, 5.41) is 6.25. The maximum atomic E-state index is 11.9. The van der Waals surface area contributed by atoms with E-state index in [1.54, 1.807) is 0 Å². The molecular formula is C12H18N4O2. The molecule has 6 heteroatoms. The fourth-order valence-corrected chi connectivity index (χ4v) is 2.47. The maximum absolute atomic E-state index is 11.9. The number of nitrogens with one attached hydrogen (secondary N) is 3. The lowest BCUT2D eigenvalue weighted by Crippen LogP contribution is -2.46. The monoisotopic (exact) mass is 250 g/mol. The third-order valence-corrected chi connectivity index (χ3v) is 3.41. The predicted octanol–water partition coefficient (Wildman–Crippen LogP) is 0.0694. The number of ether oxygens (including phenoxy) is 1. The molecule has 0 aliphatic carbocycles. The molecule has 2 atom stereocenters. The number of aromatic nitrogens is 1. The Hall–Kier alpha value is -1.53. The fraction of sp³-hybridized carbons (Fsp3) is 0.583. The zero-order valence-electron chi connectivity index (χ0n) is 10.2. The molecule has 6 nitrogen and oxygen atoms in total. The largest absolute Gasteiger partial charge is 0.374 e. The van der Waals surface area contributed by atoms with Crippen molar-refractivity contribution in [2.45, 2.75) is 12.1 Å². The van der Waals surface area contributed by atoms with E-state index in [1.165, 1.54) is 0 Å². The summed E-state index contributed by atoms with van der Waals surface area (Å²) in [5.41, 5.74) is 1.05. The van der Waals surface area contributed by atoms with Crippen LogP contribution in [0.5, 0.6) is 0 Å². The number of hydrogen-bond donors (Lipinski definition) is 3. The number of amides is 2. The van der Waals surface area contributed by atoms with Crippen LogP contribution in [0, 0.1) is 0 Å². The number of aromatic amines is 1. The van der Waals surface area contributed by atoms with Gasteiger partial charge in [-0.2, -0.15) is 0 Å². The summed E-state index contributed by atoms with van der Waals surface area (Å²) in [7, 11) is 0. The lowest BCUT2D eigenvalue weighted by Gasteiger charge is -2.27. The Kier molecular flexibility index (Phi) is 3.21. The minimum atomic E-state index is -0.0104. The van der Waals surface area contributed by atoms with Crippen LogP contribution in [-0.2, 0) is 4.74 Å². The molecule has 3 N–H and O–H groups in total. The van der Waals surface area contributed by atoms with Crippen LogP contribution in [0.2, 0.25) is 0 Å². The van der Waals surface area contributed by atoms with Gasteiger partial charge in [-0.25, -0.2) is 4.79 Å². The Balaban J connectivity index is 1.58. The molecule has 1 aromatic heterocycles. The molecule has 0 spiro atoms. The SMILES string of the molecule is O=C1NC(c2ccc[nH]2)CN1CC1CNCCO1. The molecule has 0 radical (unpaired) electrons. The van der Waals surface area contributed by atoms with Crippen LogP contribution in [0.3, 0.4) is 0 Å². The smallest absolute Gasteiger partial charge is 0.318 e. The van der Waals surface area contributed by atoms with Gasteiger partial charge in [0.25, 0.3) is 0 Å². The van der Waals surface area contributed by atoms with E-state index < -0.39 is 0 Å². The topological polar surface area (TPSA) is 69.4 Å². The van der Waals surface area contributed by atoms with Gasteiger partial charge in [-0.1, -0.05) is 0 Å². The van der Waals surface area contributed by atoms with E-state index in [0.29, 0.717) is 13.1 Å². The van der Waals surface area contributed by atoms with Gasteiger partial charge in [-0.05, 0) is 12.1 Å². The molecule has 2 aliphatic rings. The Morgan fingerprint density at radius 2 is 2.44 bits per heavy atom. The van der Waals surface area contributed by atoms with Crippen molar-refractivity contribution in [2.24, 2.45) is 0 Å². The summed E-state index contributed by atoms with van der Waals surface area (Å²) in [6.45, 7) is 3.78. The Morgan fingerprint density at radius 3 is 3.17 bits per heavy atom. The second kappa shape index (κ2) is 4.99. The lowest BCUT2D eigenvalue weighted by atomic mass is 10.2. The molecule has 3 heterocycles. The van der Waals surface area contributed by atoms with Crippen molar-refractivity contribution in [3.05, 3.63) is 24.0 Å². The number of carbonyl (C=O) groups is 1. The Labute approximate surface area is 106 Å². The minimum Gasteiger partial charge on any atom is -0.374 e. The summed E-state index contributed by atoms with van der Waals surface area (Å²) in [4.78, 5) is 16.8. The van der Waals surface area contributed by atoms with Crippen LogP contribution >= 0.6 is 0 Å². The van der Waals surface area contributed by atoms with Gasteiger partial charge < -0.3 is 25.3 Å². The van der Waals surface area contributed by atoms with E-state index in [9.17, 15) is 4.79 Å². The molecule has 0 saturated carbocycles. The van der Waals surface area contributed by atoms with Crippen molar-refractivity contribution >= 4 is 6.03 Å². The van der Waals surface area contributed by atoms with Crippen LogP contribution in [0.15, 0.2) is 18.3 Å². The molecule has 18 heavy (non-hydrogen) atoms. The molecule has 98 valence electrons. The summed E-state index contributed by atoms with van der Waals surface area (Å²) < 4.78 is 5.62. The highest BCUT2D eigenvalue weighted by Gasteiger charge is 2.32. The van der Waals surface area contributed by atoms with Crippen molar-refractivity contribution in [3.8, 4) is 0 Å². The zero-order valence-corrected chi connectivity index (χ0v) is 10.2. The molecule has 2 amide bonds. The number of H-pyrrole nitrogens is 1. The predicted molar refractivity (Wildman–Crippen MR) is 66.2 cm³/mol. The van der Waals surface area contributed by atoms with Crippen LogP contribution < -0.4 is 10.6 Å². The van der Waals surface area contributed by atoms with Gasteiger partial charge >= 0.3 is 6.03 Å². The molecule has 1 aromatic rings. The van der Waals surface area contributed by atoms with Gasteiger partial charge in [0.1, 0.15) is 0 Å². The number of hydrogen-bond acceptors (Lipinski definition) is 3. The first-order valence-electron chi connectivity index (χ1n) is 6.34. The highest BCUT2D eigenvalue weighted by atomic mass is 16.5. The molecule has 2 aliphatic heterocycles. The fourth-order valence-electron chi connectivity index (χ4n) is 2.47. The average molecular weight is 250 g/mol. The van der Waals surface area contributed by atoms with Gasteiger partial charge in [-0.3, -0.25) is 0 Å². The van der Waals surface area contributed by atoms with E-state index in [1.807, 2.05) is 23.2 Å². The number of rotatable bonds is 3. The number of morpholine rings is 1. The highest BCUT2D eigenvalue weighted by molar-refractivity contribution is 5.77. The third kappa shape index (κ3) is 2.34. The van der Waals surface area contributed by atoms with Crippen LogP contribution in [-0.4, -0.2) is 54.8 Å². The van der Waals surface area contributed by atoms with Crippen molar-refractivity contribution in [1.29, 1.82) is 0 Å². The first-order valence-corrected chi connectivity index (χ1v) is 6.34. The van der Waals surface area contributed by atoms with Crippen molar-refractivity contribution in [2.75, 3.05) is 32.8 Å². The number of carbonyl (C=O) groups excluding carboxylic acids is 1. The summed E-state index contributed by atoms with van der Waals surface area (Å²) in [6.07, 6.45) is 1.98. The minimum absolute atomic E-state index is 0.0104. The quantitative estimate of drug-likeness (QED) is 0.711. The maximum Gasteiger partial charge on any atom is 0.318 e. The van der Waals surface area contributed by atoms with Gasteiger partial charge in [-0.15, -0.1) is 0 Å². The van der Waals surface area contributed by atoms with Gasteiger partial charge in [0.05, 0.1) is 18.8 Å². The Bertz CT molecular complexity index is 400. The highest BCUT2D eigenvalue weighted by Crippen LogP contribution is 2.19. The normalized spacial score (nSPS) is 28.4. The van der Waals surface area contributed by atoms with E-state index in [-0.39, 0.29) is 18.2 Å². The molecule has 2 fully saturated rings. The van der Waals surface area contributed by atoms with Crippen molar-refractivity contribution in [3.63, 3.8) is 0 Å². The van der Waals surface area contributed by atoms with Gasteiger partial charge in [0.2, 0.25) is 0 Å². The number of urea groups is 1. The average Bonchev–Trinajstić information content (AvgIpc) is 3.01.